The van der Waals surface area contributed by atoms with Crippen molar-refractivity contribution in [1.29, 1.82) is 0 Å². The second-order valence-corrected chi connectivity index (χ2v) is 5.91. The van der Waals surface area contributed by atoms with Crippen molar-refractivity contribution in [3.8, 4) is 10.7 Å². The van der Waals surface area contributed by atoms with E-state index in [0.717, 1.165) is 10.7 Å². The van der Waals surface area contributed by atoms with Crippen LogP contribution >= 0.6 is 23.1 Å². The normalized spacial score (nSPS) is 10.6. The zero-order chi connectivity index (χ0) is 13.8. The number of aromatic nitrogens is 3. The minimum absolute atomic E-state index is 0.0815. The summed E-state index contributed by atoms with van der Waals surface area (Å²) in [4.78, 5) is 17.4. The fourth-order valence-electron chi connectivity index (χ4n) is 1.67. The zero-order valence-electron chi connectivity index (χ0n) is 10.4. The van der Waals surface area contributed by atoms with Gasteiger partial charge in [-0.1, -0.05) is 48.2 Å². The number of aromatic amines is 1. The van der Waals surface area contributed by atoms with Crippen LogP contribution in [-0.2, 0) is 0 Å². The van der Waals surface area contributed by atoms with Crippen LogP contribution in [0.15, 0.2) is 53.0 Å². The molecule has 0 amide bonds. The topological polar surface area (TPSA) is 58.6 Å². The smallest absolute Gasteiger partial charge is 0.209 e. The highest BCUT2D eigenvalue weighted by atomic mass is 32.2. The van der Waals surface area contributed by atoms with Crippen LogP contribution in [0.3, 0.4) is 0 Å². The standard InChI is InChI=1S/C14H11N3OS2/c18-11(10-5-2-1-3-6-10)9-20-14-15-13(16-17-14)12-7-4-8-19-12/h1-8H,9H2,(H,15,16,17). The molecule has 0 aliphatic heterocycles. The number of thiophene rings is 1. The average molecular weight is 301 g/mol. The number of carbonyl (C=O) groups is 1. The zero-order valence-corrected chi connectivity index (χ0v) is 12.1. The van der Waals surface area contributed by atoms with Gasteiger partial charge in [-0.3, -0.25) is 9.89 Å². The molecule has 100 valence electrons. The number of nitrogens with one attached hydrogen (secondary N) is 1. The van der Waals surface area contributed by atoms with Gasteiger partial charge in [0.2, 0.25) is 5.16 Å². The van der Waals surface area contributed by atoms with Gasteiger partial charge in [0, 0.05) is 5.56 Å². The summed E-state index contributed by atoms with van der Waals surface area (Å²) < 4.78 is 0. The monoisotopic (exact) mass is 301 g/mol. The lowest BCUT2D eigenvalue weighted by Crippen LogP contribution is -2.01. The molecule has 0 spiro atoms. The van der Waals surface area contributed by atoms with E-state index in [4.69, 9.17) is 0 Å². The number of carbonyl (C=O) groups excluding carboxylic acids is 1. The van der Waals surface area contributed by atoms with Gasteiger partial charge in [0.05, 0.1) is 10.6 Å². The molecule has 0 radical (unpaired) electrons. The van der Waals surface area contributed by atoms with E-state index in [1.807, 2.05) is 47.8 Å². The fourth-order valence-corrected chi connectivity index (χ4v) is 3.03. The van der Waals surface area contributed by atoms with Crippen molar-refractivity contribution in [2.75, 3.05) is 5.75 Å². The quantitative estimate of drug-likeness (QED) is 0.579. The lowest BCUT2D eigenvalue weighted by Gasteiger charge is -1.97. The number of rotatable bonds is 5. The number of Topliss-reactive ketones (excluding diaryl/α,β-unsaturated/α-hetero) is 1. The third-order valence-electron chi connectivity index (χ3n) is 2.65. The van der Waals surface area contributed by atoms with Gasteiger partial charge in [0.1, 0.15) is 0 Å². The molecule has 0 aliphatic carbocycles. The van der Waals surface area contributed by atoms with Gasteiger partial charge < -0.3 is 0 Å². The van der Waals surface area contributed by atoms with Gasteiger partial charge in [0.25, 0.3) is 0 Å². The predicted molar refractivity (Wildman–Crippen MR) is 81.2 cm³/mol. The van der Waals surface area contributed by atoms with E-state index in [9.17, 15) is 4.79 Å². The Kier molecular flexibility index (Phi) is 3.94. The first-order valence-electron chi connectivity index (χ1n) is 6.00. The van der Waals surface area contributed by atoms with E-state index < -0.39 is 0 Å². The lowest BCUT2D eigenvalue weighted by atomic mass is 10.2. The SMILES string of the molecule is O=C(CSc1n[nH]c(-c2cccs2)n1)c1ccccc1. The first-order chi connectivity index (χ1) is 9.83. The Hall–Kier alpha value is -1.92. The van der Waals surface area contributed by atoms with Crippen LogP contribution in [0.1, 0.15) is 10.4 Å². The molecule has 1 N–H and O–H groups in total. The van der Waals surface area contributed by atoms with Crippen molar-refractivity contribution in [1.82, 2.24) is 15.2 Å². The Bertz CT molecular complexity index is 692. The first kappa shape index (κ1) is 13.1. The van der Waals surface area contributed by atoms with Gasteiger partial charge in [-0.2, -0.15) is 0 Å². The number of nitrogens with zero attached hydrogens (tertiary/aromatic N) is 2. The summed E-state index contributed by atoms with van der Waals surface area (Å²) in [7, 11) is 0. The molecule has 2 heterocycles. The molecule has 0 saturated carbocycles. The van der Waals surface area contributed by atoms with Crippen LogP contribution in [0.4, 0.5) is 0 Å². The van der Waals surface area contributed by atoms with Gasteiger partial charge in [-0.05, 0) is 11.4 Å². The Balaban J connectivity index is 1.63. The molecule has 0 atom stereocenters. The summed E-state index contributed by atoms with van der Waals surface area (Å²) in [6, 6.07) is 13.2. The third-order valence-corrected chi connectivity index (χ3v) is 4.37. The molecular weight excluding hydrogens is 290 g/mol. The predicted octanol–water partition coefficient (Wildman–Crippen LogP) is 3.51. The van der Waals surface area contributed by atoms with Crippen LogP contribution in [0.2, 0.25) is 0 Å². The number of H-pyrrole nitrogens is 1. The largest absolute Gasteiger partial charge is 0.293 e. The molecule has 0 saturated heterocycles. The van der Waals surface area contributed by atoms with Crippen molar-refractivity contribution in [2.45, 2.75) is 5.16 Å². The second kappa shape index (κ2) is 6.02. The van der Waals surface area contributed by atoms with E-state index >= 15 is 0 Å². The molecular formula is C14H11N3OS2. The molecule has 4 nitrogen and oxygen atoms in total. The van der Waals surface area contributed by atoms with E-state index in [-0.39, 0.29) is 5.78 Å². The number of hydrogen-bond acceptors (Lipinski definition) is 5. The first-order valence-corrected chi connectivity index (χ1v) is 7.87. The Morgan fingerprint density at radius 2 is 2.05 bits per heavy atom. The van der Waals surface area contributed by atoms with Crippen LogP contribution in [0.5, 0.6) is 0 Å². The molecule has 2 aromatic heterocycles. The summed E-state index contributed by atoms with van der Waals surface area (Å²) in [5.41, 5.74) is 0.717. The van der Waals surface area contributed by atoms with Crippen LogP contribution in [-0.4, -0.2) is 26.7 Å². The molecule has 0 unspecified atom stereocenters. The molecule has 0 aliphatic rings. The highest BCUT2D eigenvalue weighted by molar-refractivity contribution is 7.99. The minimum atomic E-state index is 0.0815. The van der Waals surface area contributed by atoms with Crippen molar-refractivity contribution >= 4 is 28.9 Å². The van der Waals surface area contributed by atoms with Gasteiger partial charge >= 0.3 is 0 Å². The fraction of sp³-hybridized carbons (Fsp3) is 0.0714. The van der Waals surface area contributed by atoms with E-state index in [1.54, 1.807) is 11.3 Å². The maximum Gasteiger partial charge on any atom is 0.209 e. The number of thioether (sulfide) groups is 1. The second-order valence-electron chi connectivity index (χ2n) is 4.02. The third kappa shape index (κ3) is 2.97. The average Bonchev–Trinajstić information content (AvgIpc) is 3.16. The summed E-state index contributed by atoms with van der Waals surface area (Å²) in [5, 5.41) is 9.59. The molecule has 1 aromatic carbocycles. The summed E-state index contributed by atoms with van der Waals surface area (Å²) >= 11 is 2.94. The molecule has 0 fully saturated rings. The van der Waals surface area contributed by atoms with E-state index in [2.05, 4.69) is 15.2 Å². The van der Waals surface area contributed by atoms with Gasteiger partial charge in [0.15, 0.2) is 11.6 Å². The van der Waals surface area contributed by atoms with Gasteiger partial charge in [-0.15, -0.1) is 16.4 Å². The summed E-state index contributed by atoms with van der Waals surface area (Å²) in [6.45, 7) is 0. The van der Waals surface area contributed by atoms with Crippen LogP contribution in [0, 0.1) is 0 Å². The van der Waals surface area contributed by atoms with Crippen molar-refractivity contribution in [3.63, 3.8) is 0 Å². The van der Waals surface area contributed by atoms with Crippen LogP contribution in [0.25, 0.3) is 10.7 Å². The van der Waals surface area contributed by atoms with Crippen LogP contribution < -0.4 is 0 Å². The minimum Gasteiger partial charge on any atom is -0.293 e. The molecule has 20 heavy (non-hydrogen) atoms. The molecule has 6 heteroatoms. The Labute approximate surface area is 124 Å². The Morgan fingerprint density at radius 1 is 1.20 bits per heavy atom. The maximum atomic E-state index is 12.0. The number of benzene rings is 1. The summed E-state index contributed by atoms with van der Waals surface area (Å²) in [6.07, 6.45) is 0. The van der Waals surface area contributed by atoms with Gasteiger partial charge in [-0.25, -0.2) is 4.98 Å². The lowest BCUT2D eigenvalue weighted by molar-refractivity contribution is 0.102. The summed E-state index contributed by atoms with van der Waals surface area (Å²) in [5.74, 6) is 1.17. The van der Waals surface area contributed by atoms with Crippen molar-refractivity contribution in [3.05, 3.63) is 53.4 Å². The maximum absolute atomic E-state index is 12.0. The van der Waals surface area contributed by atoms with Crippen molar-refractivity contribution in [2.24, 2.45) is 0 Å². The number of hydrogen-bond donors (Lipinski definition) is 1. The highest BCUT2D eigenvalue weighted by Gasteiger charge is 2.10. The molecule has 0 bridgehead atoms. The molecule has 3 rings (SSSR count). The van der Waals surface area contributed by atoms with E-state index in [1.165, 1.54) is 11.8 Å². The Morgan fingerprint density at radius 3 is 2.80 bits per heavy atom. The molecule has 3 aromatic rings. The van der Waals surface area contributed by atoms with E-state index in [0.29, 0.717) is 16.5 Å². The highest BCUT2D eigenvalue weighted by Crippen LogP contribution is 2.23. The van der Waals surface area contributed by atoms with Crippen molar-refractivity contribution < 1.29 is 4.79 Å². The number of ketones is 1.